The molecular formula is C11H20N2S. The smallest absolute Gasteiger partial charge is 0.156 e. The van der Waals surface area contributed by atoms with Gasteiger partial charge in [-0.1, -0.05) is 32.0 Å². The van der Waals surface area contributed by atoms with E-state index in [9.17, 15) is 0 Å². The third-order valence-corrected chi connectivity index (χ3v) is 4.25. The van der Waals surface area contributed by atoms with Crippen molar-refractivity contribution in [2.45, 2.75) is 45.1 Å². The van der Waals surface area contributed by atoms with Gasteiger partial charge in [0.05, 0.1) is 0 Å². The number of thioether (sulfide) groups is 1. The highest BCUT2D eigenvalue weighted by molar-refractivity contribution is 8.13. The lowest BCUT2D eigenvalue weighted by molar-refractivity contribution is 0.540. The second-order valence-corrected chi connectivity index (χ2v) is 5.73. The maximum Gasteiger partial charge on any atom is 0.156 e. The Morgan fingerprint density at radius 1 is 1.57 bits per heavy atom. The fourth-order valence-corrected chi connectivity index (χ4v) is 2.93. The van der Waals surface area contributed by atoms with Gasteiger partial charge in [0.15, 0.2) is 5.17 Å². The van der Waals surface area contributed by atoms with Gasteiger partial charge in [-0.25, -0.2) is 0 Å². The number of nitrogens with one attached hydrogen (secondary N) is 1. The molecule has 0 aromatic rings. The molecule has 1 atom stereocenters. The Bertz CT molecular complexity index is 233. The summed E-state index contributed by atoms with van der Waals surface area (Å²) >= 11 is 1.90. The van der Waals surface area contributed by atoms with Crippen LogP contribution < -0.4 is 5.32 Å². The van der Waals surface area contributed by atoms with E-state index in [4.69, 9.17) is 0 Å². The molecular weight excluding hydrogens is 192 g/mol. The molecule has 1 fully saturated rings. The lowest BCUT2D eigenvalue weighted by Gasteiger charge is -2.23. The zero-order chi connectivity index (χ0) is 10.0. The molecule has 0 bridgehead atoms. The second kappa shape index (κ2) is 4.13. The molecule has 0 saturated heterocycles. The summed E-state index contributed by atoms with van der Waals surface area (Å²) in [6.07, 6.45) is 5.27. The Morgan fingerprint density at radius 3 is 2.86 bits per heavy atom. The monoisotopic (exact) mass is 212 g/mol. The van der Waals surface area contributed by atoms with E-state index in [1.54, 1.807) is 0 Å². The van der Waals surface area contributed by atoms with E-state index in [0.29, 0.717) is 5.54 Å². The lowest BCUT2D eigenvalue weighted by Crippen LogP contribution is -2.37. The quantitative estimate of drug-likeness (QED) is 0.778. The summed E-state index contributed by atoms with van der Waals surface area (Å²) in [5, 5.41) is 4.84. The summed E-state index contributed by atoms with van der Waals surface area (Å²) < 4.78 is 0. The number of nitrogens with zero attached hydrogens (tertiary/aromatic N) is 1. The van der Waals surface area contributed by atoms with Crippen molar-refractivity contribution in [3.63, 3.8) is 0 Å². The summed E-state index contributed by atoms with van der Waals surface area (Å²) in [6, 6.07) is 0. The number of amidine groups is 1. The van der Waals surface area contributed by atoms with Crippen LogP contribution in [0, 0.1) is 5.92 Å². The Kier molecular flexibility index (Phi) is 3.05. The molecule has 1 aliphatic carbocycles. The van der Waals surface area contributed by atoms with Crippen LogP contribution in [0.25, 0.3) is 0 Å². The third-order valence-electron chi connectivity index (χ3n) is 3.01. The number of hydrogen-bond donors (Lipinski definition) is 1. The molecule has 1 heterocycles. The average molecular weight is 212 g/mol. The standard InChI is InChI=1S/C11H20N2S/c1-3-4-11(5-6-11)13-10-12-7-9(2)8-14-10/h9H,3-8H2,1-2H3,(H,12,13). The van der Waals surface area contributed by atoms with Gasteiger partial charge in [0.2, 0.25) is 0 Å². The van der Waals surface area contributed by atoms with Gasteiger partial charge in [-0.3, -0.25) is 4.99 Å². The summed E-state index contributed by atoms with van der Waals surface area (Å²) in [5.41, 5.74) is 0.446. The zero-order valence-electron chi connectivity index (χ0n) is 9.18. The highest BCUT2D eigenvalue weighted by atomic mass is 32.2. The first-order chi connectivity index (χ1) is 6.74. The van der Waals surface area contributed by atoms with Crippen molar-refractivity contribution < 1.29 is 0 Å². The predicted octanol–water partition coefficient (Wildman–Crippen LogP) is 2.65. The molecule has 80 valence electrons. The summed E-state index contributed by atoms with van der Waals surface area (Å²) in [4.78, 5) is 4.59. The van der Waals surface area contributed by atoms with Crippen LogP contribution in [0.4, 0.5) is 0 Å². The van der Waals surface area contributed by atoms with E-state index in [-0.39, 0.29) is 0 Å². The Labute approximate surface area is 90.9 Å². The average Bonchev–Trinajstić information content (AvgIpc) is 2.90. The van der Waals surface area contributed by atoms with Crippen LogP contribution in [-0.2, 0) is 0 Å². The fourth-order valence-electron chi connectivity index (χ4n) is 1.93. The largest absolute Gasteiger partial charge is 0.359 e. The van der Waals surface area contributed by atoms with Crippen molar-refractivity contribution in [2.24, 2.45) is 10.9 Å². The van der Waals surface area contributed by atoms with Crippen molar-refractivity contribution in [1.29, 1.82) is 0 Å². The molecule has 0 aromatic carbocycles. The van der Waals surface area contributed by atoms with Crippen LogP contribution in [0.15, 0.2) is 4.99 Å². The summed E-state index contributed by atoms with van der Waals surface area (Å²) in [5.74, 6) is 1.99. The van der Waals surface area contributed by atoms with Gasteiger partial charge in [-0.15, -0.1) is 0 Å². The molecule has 0 amide bonds. The minimum absolute atomic E-state index is 0.446. The molecule has 2 nitrogen and oxygen atoms in total. The normalized spacial score (nSPS) is 29.6. The molecule has 0 aromatic heterocycles. The van der Waals surface area contributed by atoms with Crippen LogP contribution >= 0.6 is 11.8 Å². The Balaban J connectivity index is 1.85. The lowest BCUT2D eigenvalue weighted by atomic mass is 10.1. The van der Waals surface area contributed by atoms with Crippen LogP contribution in [0.1, 0.15) is 39.5 Å². The van der Waals surface area contributed by atoms with E-state index in [1.165, 1.54) is 36.6 Å². The first-order valence-electron chi connectivity index (χ1n) is 5.69. The molecule has 3 heteroatoms. The van der Waals surface area contributed by atoms with Crippen molar-refractivity contribution in [3.05, 3.63) is 0 Å². The van der Waals surface area contributed by atoms with Gasteiger partial charge in [-0.05, 0) is 25.2 Å². The van der Waals surface area contributed by atoms with Gasteiger partial charge in [0.25, 0.3) is 0 Å². The van der Waals surface area contributed by atoms with Crippen LogP contribution in [0.3, 0.4) is 0 Å². The van der Waals surface area contributed by atoms with Crippen molar-refractivity contribution in [1.82, 2.24) is 5.32 Å². The minimum Gasteiger partial charge on any atom is -0.359 e. The van der Waals surface area contributed by atoms with Crippen molar-refractivity contribution in [2.75, 3.05) is 12.3 Å². The highest BCUT2D eigenvalue weighted by Crippen LogP contribution is 2.40. The van der Waals surface area contributed by atoms with Crippen LogP contribution in [0.2, 0.25) is 0 Å². The Morgan fingerprint density at radius 2 is 2.36 bits per heavy atom. The maximum atomic E-state index is 4.59. The second-order valence-electron chi connectivity index (χ2n) is 4.72. The highest BCUT2D eigenvalue weighted by Gasteiger charge is 2.42. The number of hydrogen-bond acceptors (Lipinski definition) is 3. The van der Waals surface area contributed by atoms with Gasteiger partial charge in [0.1, 0.15) is 0 Å². The van der Waals surface area contributed by atoms with Crippen molar-refractivity contribution in [3.8, 4) is 0 Å². The summed E-state index contributed by atoms with van der Waals surface area (Å²) in [6.45, 7) is 5.55. The van der Waals surface area contributed by atoms with Gasteiger partial charge < -0.3 is 5.32 Å². The first-order valence-corrected chi connectivity index (χ1v) is 6.68. The van der Waals surface area contributed by atoms with E-state index in [1.807, 2.05) is 11.8 Å². The zero-order valence-corrected chi connectivity index (χ0v) is 9.99. The Hall–Kier alpha value is -0.180. The number of rotatable bonds is 3. The molecule has 0 spiro atoms. The van der Waals surface area contributed by atoms with E-state index < -0.39 is 0 Å². The molecule has 1 aliphatic heterocycles. The molecule has 1 saturated carbocycles. The van der Waals surface area contributed by atoms with E-state index in [0.717, 1.165) is 12.5 Å². The van der Waals surface area contributed by atoms with Gasteiger partial charge >= 0.3 is 0 Å². The molecule has 0 radical (unpaired) electrons. The van der Waals surface area contributed by atoms with E-state index >= 15 is 0 Å². The van der Waals surface area contributed by atoms with Gasteiger partial charge in [0, 0.05) is 17.8 Å². The molecule has 2 aliphatic rings. The minimum atomic E-state index is 0.446. The maximum absolute atomic E-state index is 4.59. The van der Waals surface area contributed by atoms with Gasteiger partial charge in [-0.2, -0.15) is 0 Å². The molecule has 14 heavy (non-hydrogen) atoms. The summed E-state index contributed by atoms with van der Waals surface area (Å²) in [7, 11) is 0. The molecule has 2 rings (SSSR count). The first kappa shape index (κ1) is 10.3. The van der Waals surface area contributed by atoms with Crippen molar-refractivity contribution >= 4 is 16.9 Å². The molecule has 1 N–H and O–H groups in total. The van der Waals surface area contributed by atoms with Crippen LogP contribution in [0.5, 0.6) is 0 Å². The fraction of sp³-hybridized carbons (Fsp3) is 0.909. The molecule has 1 unspecified atom stereocenters. The predicted molar refractivity (Wildman–Crippen MR) is 63.9 cm³/mol. The topological polar surface area (TPSA) is 24.4 Å². The third kappa shape index (κ3) is 2.44. The SMILES string of the molecule is CCCC1(NC2=NCC(C)CS2)CC1. The van der Waals surface area contributed by atoms with E-state index in [2.05, 4.69) is 24.2 Å². The number of aliphatic imine (C=N–C) groups is 1. The van der Waals surface area contributed by atoms with Crippen LogP contribution in [-0.4, -0.2) is 23.0 Å².